The minimum absolute atomic E-state index is 0.0683. The second-order valence-electron chi connectivity index (χ2n) is 4.35. The second kappa shape index (κ2) is 5.24. The topological polar surface area (TPSA) is 87.1 Å². The summed E-state index contributed by atoms with van der Waals surface area (Å²) in [5, 5.41) is 4.39. The van der Waals surface area contributed by atoms with Gasteiger partial charge in [-0.2, -0.15) is 4.98 Å². The van der Waals surface area contributed by atoms with Gasteiger partial charge in [0, 0.05) is 12.7 Å². The molecule has 0 aliphatic carbocycles. The third kappa shape index (κ3) is 2.47. The number of pyridine rings is 1. The van der Waals surface area contributed by atoms with Crippen LogP contribution < -0.4 is 5.73 Å². The van der Waals surface area contributed by atoms with Gasteiger partial charge in [-0.05, 0) is 25.0 Å². The monoisotopic (exact) mass is 280 g/mol. The van der Waals surface area contributed by atoms with Gasteiger partial charge in [-0.15, -0.1) is 0 Å². The lowest BCUT2D eigenvalue weighted by molar-refractivity contribution is 0.0307. The Labute approximate surface area is 114 Å². The van der Waals surface area contributed by atoms with E-state index in [1.807, 2.05) is 0 Å². The molecule has 19 heavy (non-hydrogen) atoms. The molecule has 2 atom stereocenters. The number of hydrogen-bond donors (Lipinski definition) is 1. The van der Waals surface area contributed by atoms with E-state index in [0.29, 0.717) is 29.0 Å². The average Bonchev–Trinajstić information content (AvgIpc) is 3.08. The summed E-state index contributed by atoms with van der Waals surface area (Å²) >= 11 is 6.04. The molecule has 0 spiro atoms. The summed E-state index contributed by atoms with van der Waals surface area (Å²) in [4.78, 5) is 8.44. The van der Waals surface area contributed by atoms with E-state index < -0.39 is 0 Å². The van der Waals surface area contributed by atoms with E-state index in [1.54, 1.807) is 18.3 Å². The smallest absolute Gasteiger partial charge is 0.256 e. The molecule has 2 N–H and O–H groups in total. The summed E-state index contributed by atoms with van der Waals surface area (Å²) in [5.74, 6) is 0.827. The first-order valence-corrected chi connectivity index (χ1v) is 6.45. The molecule has 1 aliphatic rings. The summed E-state index contributed by atoms with van der Waals surface area (Å²) < 4.78 is 10.9. The fourth-order valence-electron chi connectivity index (χ4n) is 2.07. The Balaban J connectivity index is 1.82. The number of ether oxygens (including phenoxy) is 1. The van der Waals surface area contributed by atoms with Crippen LogP contribution in [0.15, 0.2) is 22.9 Å². The molecule has 2 aromatic rings. The van der Waals surface area contributed by atoms with Crippen LogP contribution in [0, 0.1) is 0 Å². The zero-order valence-corrected chi connectivity index (χ0v) is 10.9. The Morgan fingerprint density at radius 3 is 3.05 bits per heavy atom. The highest BCUT2D eigenvalue weighted by Gasteiger charge is 2.30. The summed E-state index contributed by atoms with van der Waals surface area (Å²) in [5.41, 5.74) is 6.08. The van der Waals surface area contributed by atoms with Gasteiger partial charge in [-0.1, -0.05) is 16.8 Å². The van der Waals surface area contributed by atoms with Crippen molar-refractivity contribution in [3.8, 4) is 11.5 Å². The van der Waals surface area contributed by atoms with Crippen molar-refractivity contribution < 1.29 is 9.26 Å². The minimum Gasteiger partial charge on any atom is -0.364 e. The number of nitrogens with zero attached hydrogens (tertiary/aromatic N) is 3. The van der Waals surface area contributed by atoms with E-state index in [2.05, 4.69) is 15.1 Å². The first-order valence-electron chi connectivity index (χ1n) is 6.08. The van der Waals surface area contributed by atoms with Gasteiger partial charge >= 0.3 is 0 Å². The van der Waals surface area contributed by atoms with Crippen molar-refractivity contribution in [2.24, 2.45) is 5.73 Å². The molecule has 0 bridgehead atoms. The quantitative estimate of drug-likeness (QED) is 0.925. The van der Waals surface area contributed by atoms with Crippen molar-refractivity contribution >= 4 is 11.6 Å². The maximum atomic E-state index is 6.04. The molecule has 100 valence electrons. The van der Waals surface area contributed by atoms with Crippen molar-refractivity contribution in [3.05, 3.63) is 29.2 Å². The van der Waals surface area contributed by atoms with Gasteiger partial charge in [0.25, 0.3) is 5.89 Å². The van der Waals surface area contributed by atoms with E-state index in [1.165, 1.54) is 0 Å². The fraction of sp³-hybridized carbons (Fsp3) is 0.417. The van der Waals surface area contributed by atoms with E-state index in [0.717, 1.165) is 12.8 Å². The lowest BCUT2D eigenvalue weighted by Crippen LogP contribution is -2.18. The second-order valence-corrected chi connectivity index (χ2v) is 4.76. The zero-order chi connectivity index (χ0) is 13.2. The first-order chi connectivity index (χ1) is 9.28. The standard InChI is InChI=1S/C12H13ClN4O2/c13-8-2-1-5-15-10(8)11-16-12(19-17-11)9-4-3-7(6-14)18-9/h1-2,5,7,9H,3-4,6,14H2. The molecule has 0 amide bonds. The van der Waals surface area contributed by atoms with Gasteiger partial charge in [0.2, 0.25) is 5.82 Å². The number of nitrogens with two attached hydrogens (primary N) is 1. The van der Waals surface area contributed by atoms with Crippen LogP contribution in [0.4, 0.5) is 0 Å². The molecule has 1 aliphatic heterocycles. The Morgan fingerprint density at radius 1 is 1.42 bits per heavy atom. The summed E-state index contributed by atoms with van der Waals surface area (Å²) in [6, 6.07) is 3.48. The molecule has 7 heteroatoms. The lowest BCUT2D eigenvalue weighted by Gasteiger charge is -2.07. The van der Waals surface area contributed by atoms with Crippen molar-refractivity contribution in [1.29, 1.82) is 0 Å². The maximum Gasteiger partial charge on any atom is 0.256 e. The van der Waals surface area contributed by atoms with Gasteiger partial charge in [0.05, 0.1) is 11.1 Å². The molecule has 0 radical (unpaired) electrons. The summed E-state index contributed by atoms with van der Waals surface area (Å²) in [6.07, 6.45) is 3.26. The SMILES string of the molecule is NCC1CCC(c2nc(-c3ncccc3Cl)no2)O1. The van der Waals surface area contributed by atoms with Crippen LogP contribution in [0.2, 0.25) is 5.02 Å². The fourth-order valence-corrected chi connectivity index (χ4v) is 2.28. The van der Waals surface area contributed by atoms with Crippen LogP contribution in [-0.2, 0) is 4.74 Å². The highest BCUT2D eigenvalue weighted by molar-refractivity contribution is 6.32. The molecule has 1 fully saturated rings. The average molecular weight is 281 g/mol. The molecular formula is C12H13ClN4O2. The molecular weight excluding hydrogens is 268 g/mol. The van der Waals surface area contributed by atoms with E-state index in [4.69, 9.17) is 26.6 Å². The molecule has 0 aromatic carbocycles. The first kappa shape index (κ1) is 12.5. The third-order valence-electron chi connectivity index (χ3n) is 3.06. The number of halogens is 1. The van der Waals surface area contributed by atoms with E-state index in [9.17, 15) is 0 Å². The molecule has 1 saturated heterocycles. The predicted molar refractivity (Wildman–Crippen MR) is 68.4 cm³/mol. The van der Waals surface area contributed by atoms with E-state index in [-0.39, 0.29) is 12.2 Å². The number of aromatic nitrogens is 3. The van der Waals surface area contributed by atoms with Gasteiger partial charge in [-0.3, -0.25) is 4.98 Å². The van der Waals surface area contributed by atoms with Gasteiger partial charge < -0.3 is 15.0 Å². The Bertz CT molecular complexity index is 574. The largest absolute Gasteiger partial charge is 0.364 e. The van der Waals surface area contributed by atoms with E-state index >= 15 is 0 Å². The van der Waals surface area contributed by atoms with Crippen molar-refractivity contribution in [1.82, 2.24) is 15.1 Å². The molecule has 6 nitrogen and oxygen atoms in total. The van der Waals surface area contributed by atoms with Crippen LogP contribution in [-0.4, -0.2) is 27.8 Å². The van der Waals surface area contributed by atoms with Crippen LogP contribution >= 0.6 is 11.6 Å². The molecule has 3 rings (SSSR count). The minimum atomic E-state index is -0.183. The van der Waals surface area contributed by atoms with Crippen molar-refractivity contribution in [3.63, 3.8) is 0 Å². The normalized spacial score (nSPS) is 22.8. The number of rotatable bonds is 3. The molecule has 0 saturated carbocycles. The Morgan fingerprint density at radius 2 is 2.32 bits per heavy atom. The van der Waals surface area contributed by atoms with Crippen LogP contribution in [0.3, 0.4) is 0 Å². The van der Waals surface area contributed by atoms with Gasteiger partial charge in [0.1, 0.15) is 11.8 Å². The summed E-state index contributed by atoms with van der Waals surface area (Å²) in [7, 11) is 0. The molecule has 2 aromatic heterocycles. The third-order valence-corrected chi connectivity index (χ3v) is 3.36. The highest BCUT2D eigenvalue weighted by Crippen LogP contribution is 2.32. The Hall–Kier alpha value is -1.50. The lowest BCUT2D eigenvalue weighted by atomic mass is 10.2. The highest BCUT2D eigenvalue weighted by atomic mass is 35.5. The predicted octanol–water partition coefficient (Wildman–Crippen LogP) is 1.96. The van der Waals surface area contributed by atoms with Crippen LogP contribution in [0.25, 0.3) is 11.5 Å². The van der Waals surface area contributed by atoms with Crippen molar-refractivity contribution in [2.75, 3.05) is 6.54 Å². The molecule has 3 heterocycles. The van der Waals surface area contributed by atoms with Gasteiger partial charge in [-0.25, -0.2) is 0 Å². The number of hydrogen-bond acceptors (Lipinski definition) is 6. The van der Waals surface area contributed by atoms with Crippen LogP contribution in [0.5, 0.6) is 0 Å². The summed E-state index contributed by atoms with van der Waals surface area (Å²) in [6.45, 7) is 0.504. The van der Waals surface area contributed by atoms with Crippen LogP contribution in [0.1, 0.15) is 24.8 Å². The van der Waals surface area contributed by atoms with Crippen molar-refractivity contribution in [2.45, 2.75) is 25.0 Å². The zero-order valence-electron chi connectivity index (χ0n) is 10.1. The molecule has 2 unspecified atom stereocenters. The maximum absolute atomic E-state index is 6.04. The van der Waals surface area contributed by atoms with Gasteiger partial charge in [0.15, 0.2) is 0 Å². The Kier molecular flexibility index (Phi) is 3.46.